The molecule has 0 aliphatic rings. The lowest BCUT2D eigenvalue weighted by Gasteiger charge is -2.33. The van der Waals surface area contributed by atoms with Gasteiger partial charge < -0.3 is 15.0 Å². The van der Waals surface area contributed by atoms with Crippen LogP contribution in [0.2, 0.25) is 0 Å². The summed E-state index contributed by atoms with van der Waals surface area (Å²) in [6.07, 6.45) is 1.76. The van der Waals surface area contributed by atoms with Crippen LogP contribution in [0.5, 0.6) is 5.75 Å². The monoisotopic (exact) mass is 348 g/mol. The zero-order chi connectivity index (χ0) is 19.0. The highest BCUT2D eigenvalue weighted by atomic mass is 16.5. The predicted molar refractivity (Wildman–Crippen MR) is 100 cm³/mol. The maximum Gasteiger partial charge on any atom is 0.243 e. The van der Waals surface area contributed by atoms with Crippen molar-refractivity contribution in [3.8, 4) is 5.75 Å². The molecule has 1 N–H and O–H groups in total. The minimum Gasteiger partial charge on any atom is -0.497 e. The van der Waals surface area contributed by atoms with Crippen LogP contribution in [-0.4, -0.2) is 35.4 Å². The quantitative estimate of drug-likeness (QED) is 0.782. The normalized spacial score (nSPS) is 12.4. The first-order valence-electron chi connectivity index (χ1n) is 8.96. The topological polar surface area (TPSA) is 58.6 Å². The number of carbonyl (C=O) groups excluding carboxylic acids is 2. The molecular weight excluding hydrogens is 316 g/mol. The molecule has 2 amide bonds. The fourth-order valence-corrected chi connectivity index (χ4v) is 2.70. The first-order chi connectivity index (χ1) is 11.7. The van der Waals surface area contributed by atoms with Crippen molar-refractivity contribution >= 4 is 11.8 Å². The second kappa shape index (κ2) is 9.44. The molecule has 140 valence electrons. The first kappa shape index (κ1) is 21.0. The Kier molecular flexibility index (Phi) is 7.94. The molecule has 0 spiro atoms. The van der Waals surface area contributed by atoms with E-state index in [1.165, 1.54) is 0 Å². The summed E-state index contributed by atoms with van der Waals surface area (Å²) in [4.78, 5) is 27.1. The molecule has 0 bridgehead atoms. The third kappa shape index (κ3) is 6.77. The van der Waals surface area contributed by atoms with Crippen molar-refractivity contribution in [1.29, 1.82) is 0 Å². The van der Waals surface area contributed by atoms with Gasteiger partial charge in [0.2, 0.25) is 11.8 Å². The van der Waals surface area contributed by atoms with Crippen LogP contribution in [-0.2, 0) is 16.1 Å². The van der Waals surface area contributed by atoms with E-state index in [0.29, 0.717) is 19.4 Å². The van der Waals surface area contributed by atoms with E-state index in [1.54, 1.807) is 12.0 Å². The number of benzene rings is 1. The van der Waals surface area contributed by atoms with Crippen molar-refractivity contribution in [3.63, 3.8) is 0 Å². The molecule has 5 heteroatoms. The average Bonchev–Trinajstić information content (AvgIpc) is 2.53. The van der Waals surface area contributed by atoms with E-state index in [0.717, 1.165) is 17.7 Å². The van der Waals surface area contributed by atoms with Crippen LogP contribution in [0.15, 0.2) is 24.3 Å². The van der Waals surface area contributed by atoms with E-state index in [4.69, 9.17) is 4.74 Å². The molecule has 0 aliphatic heterocycles. The Labute approximate surface area is 151 Å². The van der Waals surface area contributed by atoms with Gasteiger partial charge in [-0.3, -0.25) is 9.59 Å². The largest absolute Gasteiger partial charge is 0.497 e. The van der Waals surface area contributed by atoms with Gasteiger partial charge in [-0.05, 0) is 51.3 Å². The number of amides is 2. The fourth-order valence-electron chi connectivity index (χ4n) is 2.70. The van der Waals surface area contributed by atoms with Crippen molar-refractivity contribution in [2.45, 2.75) is 72.0 Å². The summed E-state index contributed by atoms with van der Waals surface area (Å²) in [6, 6.07) is 7.13. The predicted octanol–water partition coefficient (Wildman–Crippen LogP) is 3.52. The summed E-state index contributed by atoms with van der Waals surface area (Å²) >= 11 is 0. The number of carbonyl (C=O) groups is 2. The standard InChI is InChI=1S/C20H32N2O3/c1-7-10-18(23)22(14-15-11-9-12-16(13-15)25-6)17(8-2)19(24)21-20(3,4)5/h9,11-13,17H,7-8,10,14H2,1-6H3,(H,21,24)/t17-/m1/s1. The fraction of sp³-hybridized carbons (Fsp3) is 0.600. The Morgan fingerprint density at radius 1 is 1.24 bits per heavy atom. The van der Waals surface area contributed by atoms with E-state index in [2.05, 4.69) is 5.32 Å². The van der Waals surface area contributed by atoms with E-state index < -0.39 is 6.04 Å². The maximum absolute atomic E-state index is 12.7. The molecule has 25 heavy (non-hydrogen) atoms. The van der Waals surface area contributed by atoms with Gasteiger partial charge in [0.05, 0.1) is 7.11 Å². The number of nitrogens with one attached hydrogen (secondary N) is 1. The summed E-state index contributed by atoms with van der Waals surface area (Å²) in [6.45, 7) is 10.1. The number of rotatable bonds is 8. The lowest BCUT2D eigenvalue weighted by Crippen LogP contribution is -2.53. The molecule has 1 atom stereocenters. The number of nitrogens with zero attached hydrogens (tertiary/aromatic N) is 1. The summed E-state index contributed by atoms with van der Waals surface area (Å²) in [5.41, 5.74) is 0.616. The summed E-state index contributed by atoms with van der Waals surface area (Å²) < 4.78 is 5.26. The molecule has 0 heterocycles. The number of methoxy groups -OCH3 is 1. The summed E-state index contributed by atoms with van der Waals surface area (Å²) in [7, 11) is 1.62. The van der Waals surface area contributed by atoms with E-state index in [-0.39, 0.29) is 17.4 Å². The molecule has 1 aromatic rings. The maximum atomic E-state index is 12.7. The molecule has 0 radical (unpaired) electrons. The van der Waals surface area contributed by atoms with Crippen molar-refractivity contribution < 1.29 is 14.3 Å². The minimum atomic E-state index is -0.482. The first-order valence-corrected chi connectivity index (χ1v) is 8.96. The second-order valence-corrected chi connectivity index (χ2v) is 7.29. The van der Waals surface area contributed by atoms with Gasteiger partial charge in [-0.15, -0.1) is 0 Å². The van der Waals surface area contributed by atoms with Crippen LogP contribution in [0.3, 0.4) is 0 Å². The Hall–Kier alpha value is -2.04. The lowest BCUT2D eigenvalue weighted by atomic mass is 10.0. The van der Waals surface area contributed by atoms with Gasteiger partial charge >= 0.3 is 0 Å². The van der Waals surface area contributed by atoms with Crippen molar-refractivity contribution in [2.75, 3.05) is 7.11 Å². The van der Waals surface area contributed by atoms with Gasteiger partial charge in [0.25, 0.3) is 0 Å². The van der Waals surface area contributed by atoms with E-state index >= 15 is 0 Å². The highest BCUT2D eigenvalue weighted by Gasteiger charge is 2.30. The molecule has 0 saturated heterocycles. The van der Waals surface area contributed by atoms with Gasteiger partial charge in [-0.25, -0.2) is 0 Å². The molecule has 1 rings (SSSR count). The Bertz CT molecular complexity index is 579. The van der Waals surface area contributed by atoms with Crippen LogP contribution < -0.4 is 10.1 Å². The van der Waals surface area contributed by atoms with E-state index in [1.807, 2.05) is 58.9 Å². The average molecular weight is 348 g/mol. The molecular formula is C20H32N2O3. The molecule has 0 saturated carbocycles. The highest BCUT2D eigenvalue weighted by molar-refractivity contribution is 5.88. The van der Waals surface area contributed by atoms with Crippen LogP contribution in [0.4, 0.5) is 0 Å². The molecule has 0 unspecified atom stereocenters. The molecule has 0 fully saturated rings. The lowest BCUT2D eigenvalue weighted by molar-refractivity contribution is -0.142. The number of hydrogen-bond acceptors (Lipinski definition) is 3. The van der Waals surface area contributed by atoms with Gasteiger partial charge in [0, 0.05) is 18.5 Å². The van der Waals surface area contributed by atoms with Gasteiger partial charge in [0.15, 0.2) is 0 Å². The van der Waals surface area contributed by atoms with Crippen molar-refractivity contribution in [1.82, 2.24) is 10.2 Å². The molecule has 0 aliphatic carbocycles. The number of ether oxygens (including phenoxy) is 1. The Morgan fingerprint density at radius 2 is 1.92 bits per heavy atom. The minimum absolute atomic E-state index is 0.00114. The van der Waals surface area contributed by atoms with Crippen LogP contribution >= 0.6 is 0 Å². The third-order valence-corrected chi connectivity index (χ3v) is 3.84. The van der Waals surface area contributed by atoms with E-state index in [9.17, 15) is 9.59 Å². The Balaban J connectivity index is 3.08. The number of hydrogen-bond donors (Lipinski definition) is 1. The zero-order valence-electron chi connectivity index (χ0n) is 16.4. The molecule has 0 aromatic heterocycles. The van der Waals surface area contributed by atoms with Crippen LogP contribution in [0.25, 0.3) is 0 Å². The Morgan fingerprint density at radius 3 is 2.44 bits per heavy atom. The molecule has 1 aromatic carbocycles. The summed E-state index contributed by atoms with van der Waals surface area (Å²) in [5.74, 6) is 0.635. The van der Waals surface area contributed by atoms with Gasteiger partial charge in [0.1, 0.15) is 11.8 Å². The smallest absolute Gasteiger partial charge is 0.243 e. The van der Waals surface area contributed by atoms with Crippen molar-refractivity contribution in [3.05, 3.63) is 29.8 Å². The second-order valence-electron chi connectivity index (χ2n) is 7.29. The van der Waals surface area contributed by atoms with Gasteiger partial charge in [-0.2, -0.15) is 0 Å². The SMILES string of the molecule is CCCC(=O)N(Cc1cccc(OC)c1)[C@H](CC)C(=O)NC(C)(C)C. The highest BCUT2D eigenvalue weighted by Crippen LogP contribution is 2.18. The molecule has 5 nitrogen and oxygen atoms in total. The summed E-state index contributed by atoms with van der Waals surface area (Å²) in [5, 5.41) is 3.00. The van der Waals surface area contributed by atoms with Gasteiger partial charge in [-0.1, -0.05) is 26.0 Å². The van der Waals surface area contributed by atoms with Crippen LogP contribution in [0.1, 0.15) is 59.4 Å². The van der Waals surface area contributed by atoms with Crippen molar-refractivity contribution in [2.24, 2.45) is 0 Å². The third-order valence-electron chi connectivity index (χ3n) is 3.84. The van der Waals surface area contributed by atoms with Crippen LogP contribution in [0, 0.1) is 0 Å². The zero-order valence-corrected chi connectivity index (χ0v) is 16.4.